The van der Waals surface area contributed by atoms with Gasteiger partial charge in [-0.2, -0.15) is 0 Å². The first-order valence-corrected chi connectivity index (χ1v) is 9.84. The summed E-state index contributed by atoms with van der Waals surface area (Å²) in [5.74, 6) is 0. The van der Waals surface area contributed by atoms with Gasteiger partial charge in [0.2, 0.25) is 0 Å². The van der Waals surface area contributed by atoms with Crippen molar-refractivity contribution in [3.63, 3.8) is 0 Å². The molecule has 0 atom stereocenters. The zero-order chi connectivity index (χ0) is 17.8. The molecule has 1 saturated carbocycles. The molecule has 1 aromatic carbocycles. The van der Waals surface area contributed by atoms with Crippen molar-refractivity contribution in [1.29, 1.82) is 0 Å². The third-order valence-electron chi connectivity index (χ3n) is 4.81. The fraction of sp³-hybridized carbons (Fsp3) is 0.611. The van der Waals surface area contributed by atoms with Crippen molar-refractivity contribution in [3.8, 4) is 0 Å². The molecule has 132 valence electrons. The van der Waals surface area contributed by atoms with Gasteiger partial charge < -0.3 is 9.64 Å². The summed E-state index contributed by atoms with van der Waals surface area (Å²) in [6.45, 7) is 8.66. The normalized spacial score (nSPS) is 20.4. The number of carbonyl (C=O) groups excluding carboxylic acids is 1. The highest BCUT2D eigenvalue weighted by Gasteiger charge is 2.57. The van der Waals surface area contributed by atoms with Crippen molar-refractivity contribution in [2.24, 2.45) is 5.41 Å². The number of sulfone groups is 1. The number of likely N-dealkylation sites (tertiary alicyclic amines) is 1. The van der Waals surface area contributed by atoms with E-state index in [9.17, 15) is 13.2 Å². The molecule has 24 heavy (non-hydrogen) atoms. The van der Waals surface area contributed by atoms with Crippen molar-refractivity contribution < 1.29 is 17.9 Å². The van der Waals surface area contributed by atoms with Gasteiger partial charge in [-0.15, -0.1) is 0 Å². The summed E-state index contributed by atoms with van der Waals surface area (Å²) in [6, 6.07) is 7.02. The van der Waals surface area contributed by atoms with Crippen LogP contribution in [0.25, 0.3) is 0 Å². The standard InChI is InChI=1S/C18H25NO4S/c1-13-5-7-14(8-6-13)24(21,22)15-9-18(10-15)11-19(12-18)16(20)23-17(2,3)4/h5-8,15H,9-12H2,1-4H3. The summed E-state index contributed by atoms with van der Waals surface area (Å²) >= 11 is 0. The van der Waals surface area contributed by atoms with Crippen LogP contribution >= 0.6 is 0 Å². The van der Waals surface area contributed by atoms with Gasteiger partial charge in [-0.25, -0.2) is 13.2 Å². The van der Waals surface area contributed by atoms with Gasteiger partial charge in [0, 0.05) is 18.5 Å². The topological polar surface area (TPSA) is 63.7 Å². The Labute approximate surface area is 143 Å². The van der Waals surface area contributed by atoms with E-state index < -0.39 is 15.4 Å². The van der Waals surface area contributed by atoms with E-state index in [1.807, 2.05) is 39.8 Å². The van der Waals surface area contributed by atoms with Crippen LogP contribution in [-0.4, -0.2) is 43.4 Å². The lowest BCUT2D eigenvalue weighted by molar-refractivity contribution is -0.0670. The lowest BCUT2D eigenvalue weighted by Crippen LogP contribution is -2.66. The van der Waals surface area contributed by atoms with Gasteiger partial charge in [0.05, 0.1) is 10.1 Å². The van der Waals surface area contributed by atoms with Gasteiger partial charge in [-0.1, -0.05) is 17.7 Å². The zero-order valence-corrected chi connectivity index (χ0v) is 15.5. The average Bonchev–Trinajstić information content (AvgIpc) is 2.33. The molecule has 1 aliphatic carbocycles. The van der Waals surface area contributed by atoms with Crippen LogP contribution in [0.2, 0.25) is 0 Å². The second-order valence-electron chi connectivity index (χ2n) is 8.22. The number of aryl methyl sites for hydroxylation is 1. The van der Waals surface area contributed by atoms with Crippen molar-refractivity contribution in [1.82, 2.24) is 4.90 Å². The molecular weight excluding hydrogens is 326 g/mol. The largest absolute Gasteiger partial charge is 0.444 e. The first-order chi connectivity index (χ1) is 11.0. The maximum atomic E-state index is 12.7. The van der Waals surface area contributed by atoms with Crippen molar-refractivity contribution in [2.45, 2.75) is 56.3 Å². The Kier molecular flexibility index (Phi) is 3.94. The summed E-state index contributed by atoms with van der Waals surface area (Å²) in [4.78, 5) is 14.1. The molecule has 1 saturated heterocycles. The third-order valence-corrected chi connectivity index (χ3v) is 6.95. The highest BCUT2D eigenvalue weighted by molar-refractivity contribution is 7.92. The number of rotatable bonds is 2. The van der Waals surface area contributed by atoms with E-state index in [1.165, 1.54) is 0 Å². The van der Waals surface area contributed by atoms with Gasteiger partial charge in [0.15, 0.2) is 9.84 Å². The van der Waals surface area contributed by atoms with E-state index in [0.717, 1.165) is 5.56 Å². The Morgan fingerprint density at radius 2 is 1.71 bits per heavy atom. The molecule has 6 heteroatoms. The summed E-state index contributed by atoms with van der Waals surface area (Å²) in [7, 11) is -3.27. The number of amides is 1. The first kappa shape index (κ1) is 17.3. The molecule has 1 aliphatic heterocycles. The number of benzene rings is 1. The van der Waals surface area contributed by atoms with Gasteiger partial charge >= 0.3 is 6.09 Å². The van der Waals surface area contributed by atoms with Crippen LogP contribution in [-0.2, 0) is 14.6 Å². The van der Waals surface area contributed by atoms with Gasteiger partial charge in [0.1, 0.15) is 5.60 Å². The molecule has 1 aromatic rings. The highest BCUT2D eigenvalue weighted by Crippen LogP contribution is 2.52. The van der Waals surface area contributed by atoms with E-state index >= 15 is 0 Å². The van der Waals surface area contributed by atoms with Crippen LogP contribution in [0.3, 0.4) is 0 Å². The molecule has 5 nitrogen and oxygen atoms in total. The van der Waals surface area contributed by atoms with Gasteiger partial charge in [-0.3, -0.25) is 0 Å². The van der Waals surface area contributed by atoms with E-state index in [1.54, 1.807) is 17.0 Å². The fourth-order valence-electron chi connectivity index (χ4n) is 3.52. The lowest BCUT2D eigenvalue weighted by Gasteiger charge is -2.58. The van der Waals surface area contributed by atoms with Gasteiger partial charge in [0.25, 0.3) is 0 Å². The smallest absolute Gasteiger partial charge is 0.410 e. The average molecular weight is 351 g/mol. The Bertz CT molecular complexity index is 732. The second kappa shape index (κ2) is 5.48. The Morgan fingerprint density at radius 3 is 2.21 bits per heavy atom. The van der Waals surface area contributed by atoms with Crippen LogP contribution in [0, 0.1) is 12.3 Å². The Morgan fingerprint density at radius 1 is 1.17 bits per heavy atom. The SMILES string of the molecule is Cc1ccc(S(=O)(=O)C2CC3(C2)CN(C(=O)OC(C)(C)C)C3)cc1. The minimum absolute atomic E-state index is 0.0284. The second-order valence-corrected chi connectivity index (χ2v) is 10.5. The fourth-order valence-corrected chi connectivity index (χ4v) is 5.57. The van der Waals surface area contributed by atoms with E-state index in [4.69, 9.17) is 4.74 Å². The minimum atomic E-state index is -3.27. The molecule has 2 fully saturated rings. The quantitative estimate of drug-likeness (QED) is 0.821. The molecule has 0 N–H and O–H groups in total. The minimum Gasteiger partial charge on any atom is -0.444 e. The Hall–Kier alpha value is -1.56. The molecule has 0 radical (unpaired) electrons. The highest BCUT2D eigenvalue weighted by atomic mass is 32.2. The molecule has 3 rings (SSSR count). The zero-order valence-electron chi connectivity index (χ0n) is 14.7. The van der Waals surface area contributed by atoms with Crippen LogP contribution in [0.4, 0.5) is 4.79 Å². The van der Waals surface area contributed by atoms with Crippen LogP contribution in [0.1, 0.15) is 39.2 Å². The number of carbonyl (C=O) groups is 1. The van der Waals surface area contributed by atoms with Crippen LogP contribution in [0.15, 0.2) is 29.2 Å². The summed E-state index contributed by atoms with van der Waals surface area (Å²) in [5, 5.41) is -0.332. The molecule has 0 unspecified atom stereocenters. The van der Waals surface area contributed by atoms with E-state index in [2.05, 4.69) is 0 Å². The maximum Gasteiger partial charge on any atom is 0.410 e. The van der Waals surface area contributed by atoms with E-state index in [-0.39, 0.29) is 16.8 Å². The molecule has 0 aromatic heterocycles. The number of hydrogen-bond donors (Lipinski definition) is 0. The summed E-state index contributed by atoms with van der Waals surface area (Å²) in [5.41, 5.74) is 0.516. The van der Waals surface area contributed by atoms with Crippen LogP contribution in [0.5, 0.6) is 0 Å². The molecule has 2 aliphatic rings. The monoisotopic (exact) mass is 351 g/mol. The molecule has 1 heterocycles. The predicted molar refractivity (Wildman–Crippen MR) is 91.6 cm³/mol. The van der Waals surface area contributed by atoms with Crippen molar-refractivity contribution >= 4 is 15.9 Å². The van der Waals surface area contributed by atoms with Crippen molar-refractivity contribution in [3.05, 3.63) is 29.8 Å². The number of ether oxygens (including phenoxy) is 1. The van der Waals surface area contributed by atoms with Crippen molar-refractivity contribution in [2.75, 3.05) is 13.1 Å². The summed E-state index contributed by atoms with van der Waals surface area (Å²) in [6.07, 6.45) is 0.948. The molecule has 1 spiro atoms. The predicted octanol–water partition coefficient (Wildman–Crippen LogP) is 3.17. The molecular formula is C18H25NO4S. The Balaban J connectivity index is 1.57. The number of nitrogens with zero attached hydrogens (tertiary/aromatic N) is 1. The number of hydrogen-bond acceptors (Lipinski definition) is 4. The third kappa shape index (κ3) is 3.16. The lowest BCUT2D eigenvalue weighted by atomic mass is 9.63. The van der Waals surface area contributed by atoms with Gasteiger partial charge in [-0.05, 0) is 52.7 Å². The summed E-state index contributed by atoms with van der Waals surface area (Å²) < 4.78 is 30.6. The maximum absolute atomic E-state index is 12.7. The molecule has 0 bridgehead atoms. The van der Waals surface area contributed by atoms with E-state index in [0.29, 0.717) is 30.8 Å². The first-order valence-electron chi connectivity index (χ1n) is 8.29. The molecule has 1 amide bonds. The van der Waals surface area contributed by atoms with Crippen LogP contribution < -0.4 is 0 Å².